The van der Waals surface area contributed by atoms with Crippen LogP contribution in [0.1, 0.15) is 33.5 Å². The summed E-state index contributed by atoms with van der Waals surface area (Å²) in [5.74, 6) is -0.921. The van der Waals surface area contributed by atoms with Crippen LogP contribution < -0.4 is 10.6 Å². The summed E-state index contributed by atoms with van der Waals surface area (Å²) in [6.45, 7) is 1.87. The Labute approximate surface area is 113 Å². The van der Waals surface area contributed by atoms with Crippen LogP contribution in [0.15, 0.2) is 0 Å². The van der Waals surface area contributed by atoms with Gasteiger partial charge in [0.1, 0.15) is 4.88 Å². The van der Waals surface area contributed by atoms with Crippen molar-refractivity contribution < 1.29 is 19.1 Å². The smallest absolute Gasteiger partial charge is 0.358 e. The number of ketones is 1. The van der Waals surface area contributed by atoms with Gasteiger partial charge in [0.15, 0.2) is 16.6 Å². The molecule has 1 amide bonds. The minimum absolute atomic E-state index is 0.0137. The summed E-state index contributed by atoms with van der Waals surface area (Å²) in [7, 11) is 1.23. The lowest BCUT2D eigenvalue weighted by atomic mass is 10.3. The van der Waals surface area contributed by atoms with Crippen LogP contribution in [0.25, 0.3) is 0 Å². The van der Waals surface area contributed by atoms with Crippen LogP contribution in [-0.4, -0.2) is 42.3 Å². The number of amides is 1. The molecule has 1 aliphatic rings. The molecule has 8 heteroatoms. The normalized spacial score (nSPS) is 18.0. The van der Waals surface area contributed by atoms with E-state index in [1.54, 1.807) is 0 Å². The number of carbonyl (C=O) groups is 3. The summed E-state index contributed by atoms with van der Waals surface area (Å²) >= 11 is 1.09. The molecule has 1 atom stereocenters. The molecule has 1 unspecified atom stereocenters. The van der Waals surface area contributed by atoms with Crippen molar-refractivity contribution >= 4 is 34.1 Å². The Morgan fingerprint density at radius 1 is 1.53 bits per heavy atom. The van der Waals surface area contributed by atoms with Gasteiger partial charge in [-0.2, -0.15) is 0 Å². The van der Waals surface area contributed by atoms with E-state index in [-0.39, 0.29) is 28.3 Å². The van der Waals surface area contributed by atoms with Crippen molar-refractivity contribution in [3.8, 4) is 0 Å². The first-order valence-corrected chi connectivity index (χ1v) is 6.46. The van der Waals surface area contributed by atoms with Crippen LogP contribution >= 0.6 is 11.3 Å². The van der Waals surface area contributed by atoms with Gasteiger partial charge in [-0.3, -0.25) is 9.59 Å². The van der Waals surface area contributed by atoms with Gasteiger partial charge < -0.3 is 15.4 Å². The number of ether oxygens (including phenoxy) is 1. The second-order valence-corrected chi connectivity index (χ2v) is 5.09. The van der Waals surface area contributed by atoms with E-state index in [1.807, 2.05) is 0 Å². The number of nitrogens with zero attached hydrogens (tertiary/aromatic N) is 1. The largest absolute Gasteiger partial charge is 0.464 e. The van der Waals surface area contributed by atoms with Crippen LogP contribution in [0.4, 0.5) is 5.13 Å². The van der Waals surface area contributed by atoms with Gasteiger partial charge in [-0.25, -0.2) is 9.78 Å². The lowest BCUT2D eigenvalue weighted by Gasteiger charge is -2.07. The summed E-state index contributed by atoms with van der Waals surface area (Å²) in [5, 5.41) is 6.15. The molecule has 2 rings (SSSR count). The van der Waals surface area contributed by atoms with Crippen LogP contribution in [0.5, 0.6) is 0 Å². The second-order valence-electron chi connectivity index (χ2n) is 4.09. The first-order valence-electron chi connectivity index (χ1n) is 5.64. The minimum Gasteiger partial charge on any atom is -0.464 e. The lowest BCUT2D eigenvalue weighted by Crippen LogP contribution is -2.22. The quantitative estimate of drug-likeness (QED) is 0.614. The summed E-state index contributed by atoms with van der Waals surface area (Å²) in [4.78, 5) is 38.4. The lowest BCUT2D eigenvalue weighted by molar-refractivity contribution is -0.119. The van der Waals surface area contributed by atoms with Crippen LogP contribution in [0.3, 0.4) is 0 Å². The number of anilines is 1. The maximum Gasteiger partial charge on any atom is 0.358 e. The van der Waals surface area contributed by atoms with Crippen molar-refractivity contribution in [3.05, 3.63) is 10.6 Å². The molecule has 0 aromatic carbocycles. The van der Waals surface area contributed by atoms with Gasteiger partial charge in [-0.1, -0.05) is 11.3 Å². The van der Waals surface area contributed by atoms with Gasteiger partial charge in [-0.15, -0.1) is 0 Å². The molecule has 2 heterocycles. The molecule has 19 heavy (non-hydrogen) atoms. The monoisotopic (exact) mass is 283 g/mol. The fourth-order valence-electron chi connectivity index (χ4n) is 1.74. The van der Waals surface area contributed by atoms with Crippen molar-refractivity contribution in [3.63, 3.8) is 0 Å². The second kappa shape index (κ2) is 5.35. The number of rotatable bonds is 4. The SMILES string of the molecule is COC(=O)c1nc(NC2CNC(=O)C2)sc1C(C)=O. The van der Waals surface area contributed by atoms with Gasteiger partial charge >= 0.3 is 5.97 Å². The fourth-order valence-corrected chi connectivity index (χ4v) is 2.66. The number of Topliss-reactive ketones (excluding diaryl/α,β-unsaturated/α-hetero) is 1. The molecule has 0 saturated carbocycles. The molecular formula is C11H13N3O4S. The first-order chi connectivity index (χ1) is 9.01. The van der Waals surface area contributed by atoms with Crippen molar-refractivity contribution in [1.82, 2.24) is 10.3 Å². The number of thiazole rings is 1. The Morgan fingerprint density at radius 2 is 2.26 bits per heavy atom. The highest BCUT2D eigenvalue weighted by Gasteiger charge is 2.25. The molecule has 1 saturated heterocycles. The highest BCUT2D eigenvalue weighted by Crippen LogP contribution is 2.25. The summed E-state index contributed by atoms with van der Waals surface area (Å²) in [6, 6.07) is -0.0797. The number of methoxy groups -OCH3 is 1. The number of carbonyl (C=O) groups excluding carboxylic acids is 3. The van der Waals surface area contributed by atoms with E-state index in [9.17, 15) is 14.4 Å². The third kappa shape index (κ3) is 2.90. The highest BCUT2D eigenvalue weighted by molar-refractivity contribution is 7.17. The molecule has 1 aromatic rings. The first kappa shape index (κ1) is 13.5. The van der Waals surface area contributed by atoms with Gasteiger partial charge in [0.2, 0.25) is 5.91 Å². The Bertz CT molecular complexity index is 540. The van der Waals surface area contributed by atoms with E-state index in [4.69, 9.17) is 0 Å². The average Bonchev–Trinajstić information content (AvgIpc) is 2.95. The van der Waals surface area contributed by atoms with E-state index in [1.165, 1.54) is 14.0 Å². The minimum atomic E-state index is -0.643. The molecule has 0 bridgehead atoms. The van der Waals surface area contributed by atoms with Crippen molar-refractivity contribution in [2.45, 2.75) is 19.4 Å². The zero-order valence-corrected chi connectivity index (χ0v) is 11.3. The molecular weight excluding hydrogens is 270 g/mol. The van der Waals surface area contributed by atoms with Crippen LogP contribution in [-0.2, 0) is 9.53 Å². The Kier molecular flexibility index (Phi) is 3.79. The molecule has 0 spiro atoms. The Morgan fingerprint density at radius 3 is 2.79 bits per heavy atom. The third-order valence-corrected chi connectivity index (χ3v) is 3.72. The van der Waals surface area contributed by atoms with Gasteiger partial charge in [0.25, 0.3) is 0 Å². The zero-order chi connectivity index (χ0) is 14.0. The predicted octanol–water partition coefficient (Wildman–Crippen LogP) is 0.433. The van der Waals surface area contributed by atoms with Crippen molar-refractivity contribution in [2.24, 2.45) is 0 Å². The zero-order valence-electron chi connectivity index (χ0n) is 10.5. The summed E-state index contributed by atoms with van der Waals surface area (Å²) in [5.41, 5.74) is 0.0137. The molecule has 2 N–H and O–H groups in total. The van der Waals surface area contributed by atoms with Gasteiger partial charge in [0, 0.05) is 19.9 Å². The maximum absolute atomic E-state index is 11.5. The Hall–Kier alpha value is -1.96. The average molecular weight is 283 g/mol. The van der Waals surface area contributed by atoms with E-state index < -0.39 is 5.97 Å². The molecule has 1 fully saturated rings. The van der Waals surface area contributed by atoms with Crippen molar-refractivity contribution in [1.29, 1.82) is 0 Å². The van der Waals surface area contributed by atoms with E-state index in [2.05, 4.69) is 20.4 Å². The van der Waals surface area contributed by atoms with Crippen LogP contribution in [0.2, 0.25) is 0 Å². The van der Waals surface area contributed by atoms with Gasteiger partial charge in [0.05, 0.1) is 13.2 Å². The standard InChI is InChI=1S/C11H13N3O4S/c1-5(15)9-8(10(17)18-2)14-11(19-9)13-6-3-7(16)12-4-6/h6H,3-4H2,1-2H3,(H,12,16)(H,13,14). The summed E-state index contributed by atoms with van der Waals surface area (Å²) in [6.07, 6.45) is 0.350. The highest BCUT2D eigenvalue weighted by atomic mass is 32.1. The topological polar surface area (TPSA) is 97.4 Å². The van der Waals surface area contributed by atoms with Gasteiger partial charge in [-0.05, 0) is 0 Å². The molecule has 0 aliphatic carbocycles. The van der Waals surface area contributed by atoms with Crippen LogP contribution in [0, 0.1) is 0 Å². The van der Waals surface area contributed by atoms with E-state index in [0.29, 0.717) is 18.1 Å². The Balaban J connectivity index is 2.20. The maximum atomic E-state index is 11.5. The fraction of sp³-hybridized carbons (Fsp3) is 0.455. The molecule has 102 valence electrons. The number of hydrogen-bond donors (Lipinski definition) is 2. The van der Waals surface area contributed by atoms with E-state index in [0.717, 1.165) is 11.3 Å². The molecule has 1 aromatic heterocycles. The van der Waals surface area contributed by atoms with Crippen molar-refractivity contribution in [2.75, 3.05) is 19.0 Å². The summed E-state index contributed by atoms with van der Waals surface area (Å²) < 4.78 is 4.59. The molecule has 7 nitrogen and oxygen atoms in total. The number of hydrogen-bond acceptors (Lipinski definition) is 7. The van der Waals surface area contributed by atoms with E-state index >= 15 is 0 Å². The number of aromatic nitrogens is 1. The molecule has 0 radical (unpaired) electrons. The molecule has 1 aliphatic heterocycles. The third-order valence-electron chi connectivity index (χ3n) is 2.63. The number of nitrogens with one attached hydrogen (secondary N) is 2. The predicted molar refractivity (Wildman–Crippen MR) is 68.5 cm³/mol. The number of esters is 1.